The van der Waals surface area contributed by atoms with Gasteiger partial charge < -0.3 is 10.6 Å². The molecule has 0 aliphatic heterocycles. The molecule has 1 saturated carbocycles. The molecule has 5 heteroatoms. The molecule has 0 radical (unpaired) electrons. The first kappa shape index (κ1) is 12.4. The van der Waals surface area contributed by atoms with E-state index in [1.54, 1.807) is 14.0 Å². The lowest BCUT2D eigenvalue weighted by molar-refractivity contribution is -0.128. The van der Waals surface area contributed by atoms with E-state index >= 15 is 0 Å². The monoisotopic (exact) mass is 230 g/mol. The number of amides is 2. The lowest BCUT2D eigenvalue weighted by atomic mass is 10.0. The SMILES string of the molecule is CNC(=O)C(C)NC(=O)CC1(CS)CC1. The zero-order valence-corrected chi connectivity index (χ0v) is 10.1. The van der Waals surface area contributed by atoms with E-state index in [4.69, 9.17) is 0 Å². The number of hydrogen-bond acceptors (Lipinski definition) is 3. The molecule has 86 valence electrons. The molecule has 2 amide bonds. The molecule has 1 aliphatic rings. The summed E-state index contributed by atoms with van der Waals surface area (Å²) >= 11 is 4.23. The molecule has 1 fully saturated rings. The molecular formula is C10H18N2O2S. The minimum atomic E-state index is -0.460. The molecule has 0 saturated heterocycles. The summed E-state index contributed by atoms with van der Waals surface area (Å²) in [5, 5.41) is 5.17. The molecule has 0 bridgehead atoms. The maximum absolute atomic E-state index is 11.6. The largest absolute Gasteiger partial charge is 0.357 e. The second-order valence-electron chi connectivity index (χ2n) is 4.24. The van der Waals surface area contributed by atoms with Crippen molar-refractivity contribution in [2.24, 2.45) is 5.41 Å². The highest BCUT2D eigenvalue weighted by atomic mass is 32.1. The number of thiol groups is 1. The van der Waals surface area contributed by atoms with E-state index in [0.29, 0.717) is 6.42 Å². The molecular weight excluding hydrogens is 212 g/mol. The maximum atomic E-state index is 11.6. The zero-order chi connectivity index (χ0) is 11.5. The number of likely N-dealkylation sites (N-methyl/N-ethyl adjacent to an activating group) is 1. The van der Waals surface area contributed by atoms with Gasteiger partial charge in [0, 0.05) is 13.5 Å². The summed E-state index contributed by atoms with van der Waals surface area (Å²) in [4.78, 5) is 22.7. The molecule has 0 aromatic carbocycles. The maximum Gasteiger partial charge on any atom is 0.242 e. The Morgan fingerprint density at radius 2 is 2.07 bits per heavy atom. The fraction of sp³-hybridized carbons (Fsp3) is 0.800. The van der Waals surface area contributed by atoms with Gasteiger partial charge in [-0.3, -0.25) is 9.59 Å². The molecule has 0 aromatic rings. The molecule has 1 rings (SSSR count). The van der Waals surface area contributed by atoms with Gasteiger partial charge in [-0.2, -0.15) is 12.6 Å². The van der Waals surface area contributed by atoms with E-state index in [0.717, 1.165) is 18.6 Å². The van der Waals surface area contributed by atoms with E-state index in [1.807, 2.05) is 0 Å². The van der Waals surface area contributed by atoms with Crippen molar-refractivity contribution in [2.75, 3.05) is 12.8 Å². The van der Waals surface area contributed by atoms with Crippen molar-refractivity contribution in [3.8, 4) is 0 Å². The number of hydrogen-bond donors (Lipinski definition) is 3. The molecule has 0 spiro atoms. The minimum absolute atomic E-state index is 0.0577. The van der Waals surface area contributed by atoms with Crippen molar-refractivity contribution in [1.29, 1.82) is 0 Å². The summed E-state index contributed by atoms with van der Waals surface area (Å²) in [7, 11) is 1.56. The standard InChI is InChI=1S/C10H18N2O2S/c1-7(9(14)11-2)12-8(13)5-10(6-15)3-4-10/h7,15H,3-6H2,1-2H3,(H,11,14)(H,12,13). The number of carbonyl (C=O) groups is 2. The Kier molecular flexibility index (Phi) is 4.02. The van der Waals surface area contributed by atoms with Crippen LogP contribution in [0.2, 0.25) is 0 Å². The average molecular weight is 230 g/mol. The highest BCUT2D eigenvalue weighted by Gasteiger charge is 2.43. The van der Waals surface area contributed by atoms with Crippen molar-refractivity contribution >= 4 is 24.4 Å². The van der Waals surface area contributed by atoms with E-state index in [9.17, 15) is 9.59 Å². The third-order valence-corrected chi connectivity index (χ3v) is 3.52. The van der Waals surface area contributed by atoms with Crippen molar-refractivity contribution in [3.05, 3.63) is 0 Å². The van der Waals surface area contributed by atoms with Crippen LogP contribution in [0.15, 0.2) is 0 Å². The van der Waals surface area contributed by atoms with Crippen LogP contribution in [0.25, 0.3) is 0 Å². The third-order valence-electron chi connectivity index (χ3n) is 2.85. The Labute approximate surface area is 95.6 Å². The highest BCUT2D eigenvalue weighted by molar-refractivity contribution is 7.80. The number of nitrogens with one attached hydrogen (secondary N) is 2. The molecule has 0 heterocycles. The summed E-state index contributed by atoms with van der Waals surface area (Å²) < 4.78 is 0. The minimum Gasteiger partial charge on any atom is -0.357 e. The lowest BCUT2D eigenvalue weighted by Gasteiger charge is -2.15. The van der Waals surface area contributed by atoms with E-state index in [2.05, 4.69) is 23.3 Å². The van der Waals surface area contributed by atoms with Crippen LogP contribution in [-0.4, -0.2) is 30.7 Å². The van der Waals surface area contributed by atoms with Gasteiger partial charge in [-0.15, -0.1) is 0 Å². The Morgan fingerprint density at radius 1 is 1.47 bits per heavy atom. The molecule has 1 atom stereocenters. The normalized spacial score (nSPS) is 19.1. The molecule has 0 aromatic heterocycles. The van der Waals surface area contributed by atoms with E-state index < -0.39 is 6.04 Å². The number of carbonyl (C=O) groups excluding carboxylic acids is 2. The van der Waals surface area contributed by atoms with Crippen molar-refractivity contribution < 1.29 is 9.59 Å². The van der Waals surface area contributed by atoms with Gasteiger partial charge in [0.15, 0.2) is 0 Å². The molecule has 1 aliphatic carbocycles. The van der Waals surface area contributed by atoms with Gasteiger partial charge in [-0.25, -0.2) is 0 Å². The summed E-state index contributed by atoms with van der Waals surface area (Å²) in [6.45, 7) is 1.68. The van der Waals surface area contributed by atoms with Crippen LogP contribution in [0, 0.1) is 5.41 Å². The zero-order valence-electron chi connectivity index (χ0n) is 9.17. The second-order valence-corrected chi connectivity index (χ2v) is 4.55. The third kappa shape index (κ3) is 3.41. The number of rotatable bonds is 5. The summed E-state index contributed by atoms with van der Waals surface area (Å²) in [6.07, 6.45) is 2.62. The smallest absolute Gasteiger partial charge is 0.242 e. The Bertz CT molecular complexity index is 264. The first-order valence-corrected chi connectivity index (χ1v) is 5.78. The summed E-state index contributed by atoms with van der Waals surface area (Å²) in [5.74, 6) is 0.520. The highest BCUT2D eigenvalue weighted by Crippen LogP contribution is 2.49. The first-order valence-electron chi connectivity index (χ1n) is 5.15. The Hall–Kier alpha value is -0.710. The van der Waals surface area contributed by atoms with Crippen LogP contribution in [-0.2, 0) is 9.59 Å². The van der Waals surface area contributed by atoms with Crippen LogP contribution >= 0.6 is 12.6 Å². The molecule has 2 N–H and O–H groups in total. The summed E-state index contributed by atoms with van der Waals surface area (Å²) in [6, 6.07) is -0.460. The van der Waals surface area contributed by atoms with Gasteiger partial charge in [-0.1, -0.05) is 0 Å². The van der Waals surface area contributed by atoms with Gasteiger partial charge in [-0.05, 0) is 30.9 Å². The van der Waals surface area contributed by atoms with Crippen LogP contribution in [0.4, 0.5) is 0 Å². The molecule has 4 nitrogen and oxygen atoms in total. The van der Waals surface area contributed by atoms with Gasteiger partial charge in [0.2, 0.25) is 11.8 Å². The molecule has 1 unspecified atom stereocenters. The quantitative estimate of drug-likeness (QED) is 0.596. The van der Waals surface area contributed by atoms with Gasteiger partial charge in [0.05, 0.1) is 0 Å². The summed E-state index contributed by atoms with van der Waals surface area (Å²) in [5.41, 5.74) is 0.107. The van der Waals surface area contributed by atoms with Gasteiger partial charge in [0.1, 0.15) is 6.04 Å². The predicted octanol–water partition coefficient (Wildman–Crippen LogP) is 0.337. The van der Waals surface area contributed by atoms with Gasteiger partial charge in [0.25, 0.3) is 0 Å². The Balaban J connectivity index is 2.33. The van der Waals surface area contributed by atoms with Crippen molar-refractivity contribution in [2.45, 2.75) is 32.2 Å². The van der Waals surface area contributed by atoms with Crippen LogP contribution in [0.3, 0.4) is 0 Å². The van der Waals surface area contributed by atoms with Gasteiger partial charge >= 0.3 is 0 Å². The second kappa shape index (κ2) is 4.88. The van der Waals surface area contributed by atoms with Crippen LogP contribution in [0.5, 0.6) is 0 Å². The van der Waals surface area contributed by atoms with E-state index in [-0.39, 0.29) is 17.2 Å². The average Bonchev–Trinajstić information content (AvgIpc) is 2.96. The fourth-order valence-corrected chi connectivity index (χ4v) is 1.91. The lowest BCUT2D eigenvalue weighted by Crippen LogP contribution is -2.44. The predicted molar refractivity (Wildman–Crippen MR) is 61.8 cm³/mol. The molecule has 15 heavy (non-hydrogen) atoms. The van der Waals surface area contributed by atoms with Crippen LogP contribution in [0.1, 0.15) is 26.2 Å². The topological polar surface area (TPSA) is 58.2 Å². The first-order chi connectivity index (χ1) is 7.03. The van der Waals surface area contributed by atoms with Crippen molar-refractivity contribution in [3.63, 3.8) is 0 Å². The van der Waals surface area contributed by atoms with Crippen LogP contribution < -0.4 is 10.6 Å². The van der Waals surface area contributed by atoms with Crippen molar-refractivity contribution in [1.82, 2.24) is 10.6 Å². The Morgan fingerprint density at radius 3 is 2.47 bits per heavy atom. The fourth-order valence-electron chi connectivity index (χ4n) is 1.48. The van der Waals surface area contributed by atoms with E-state index in [1.165, 1.54) is 0 Å².